The van der Waals surface area contributed by atoms with Gasteiger partial charge in [0.05, 0.1) is 6.54 Å². The zero-order valence-electron chi connectivity index (χ0n) is 5.83. The minimum Gasteiger partial charge on any atom is -0.294 e. The Bertz CT molecular complexity index is 318. The van der Waals surface area contributed by atoms with Gasteiger partial charge in [0.25, 0.3) is 0 Å². The molecule has 0 radical (unpaired) electrons. The first kappa shape index (κ1) is 8.01. The lowest BCUT2D eigenvalue weighted by molar-refractivity contribution is 0.736. The minimum atomic E-state index is -0.311. The monoisotopic (exact) mass is 170 g/mol. The van der Waals surface area contributed by atoms with Crippen molar-refractivity contribution in [3.05, 3.63) is 40.6 Å². The molecule has 0 saturated heterocycles. The van der Waals surface area contributed by atoms with Crippen LogP contribution in [0.3, 0.4) is 0 Å². The second kappa shape index (κ2) is 3.34. The van der Waals surface area contributed by atoms with Crippen molar-refractivity contribution >= 4 is 11.6 Å². The molecule has 0 fully saturated rings. The number of hydrogen-bond acceptors (Lipinski definition) is 2. The molecule has 0 spiro atoms. The van der Waals surface area contributed by atoms with Gasteiger partial charge in [0.15, 0.2) is 0 Å². The van der Waals surface area contributed by atoms with Crippen molar-refractivity contribution in [2.75, 3.05) is 0 Å². The highest BCUT2D eigenvalue weighted by Crippen LogP contribution is 1.97. The summed E-state index contributed by atoms with van der Waals surface area (Å²) in [6.45, 7) is 3.78. The molecule has 0 aliphatic heterocycles. The van der Waals surface area contributed by atoms with Gasteiger partial charge in [-0.3, -0.25) is 4.57 Å². The third-order valence-corrected chi connectivity index (χ3v) is 1.24. The molecule has 1 aromatic rings. The molecule has 0 atom stereocenters. The van der Waals surface area contributed by atoms with E-state index in [0.717, 1.165) is 0 Å². The maximum Gasteiger partial charge on any atom is 0.347 e. The summed E-state index contributed by atoms with van der Waals surface area (Å²) in [5.74, 6) is 0. The van der Waals surface area contributed by atoms with E-state index in [9.17, 15) is 4.79 Å². The van der Waals surface area contributed by atoms with Gasteiger partial charge in [-0.1, -0.05) is 18.2 Å². The molecule has 0 bridgehead atoms. The molecule has 0 aromatic carbocycles. The third kappa shape index (κ3) is 2.20. The average molecular weight is 171 g/mol. The topological polar surface area (TPSA) is 34.9 Å². The predicted octanol–water partition coefficient (Wildman–Crippen LogP) is 0.996. The smallest absolute Gasteiger partial charge is 0.294 e. The lowest BCUT2D eigenvalue weighted by Gasteiger charge is -1.99. The fourth-order valence-corrected chi connectivity index (χ4v) is 0.821. The first-order chi connectivity index (χ1) is 5.20. The number of aromatic nitrogens is 2. The highest BCUT2D eigenvalue weighted by Gasteiger charge is 1.94. The lowest BCUT2D eigenvalue weighted by atomic mass is 10.5. The van der Waals surface area contributed by atoms with Gasteiger partial charge in [0.1, 0.15) is 0 Å². The van der Waals surface area contributed by atoms with Crippen LogP contribution in [0.2, 0.25) is 0 Å². The highest BCUT2D eigenvalue weighted by molar-refractivity contribution is 6.29. The molecule has 1 aromatic heterocycles. The summed E-state index contributed by atoms with van der Waals surface area (Å²) in [5, 5.41) is 0.417. The summed E-state index contributed by atoms with van der Waals surface area (Å²) in [6.07, 6.45) is 3.05. The molecule has 1 rings (SSSR count). The van der Waals surface area contributed by atoms with Crippen LogP contribution in [0.5, 0.6) is 0 Å². The highest BCUT2D eigenvalue weighted by atomic mass is 35.5. The molecule has 0 amide bonds. The Labute approximate surface area is 69.0 Å². The number of allylic oxidation sites excluding steroid dienone is 1. The van der Waals surface area contributed by atoms with Crippen molar-refractivity contribution in [1.82, 2.24) is 9.55 Å². The Morgan fingerprint density at radius 3 is 3.09 bits per heavy atom. The molecule has 0 saturated carbocycles. The van der Waals surface area contributed by atoms with Gasteiger partial charge in [-0.15, -0.1) is 0 Å². The number of nitrogens with zero attached hydrogens (tertiary/aromatic N) is 2. The molecule has 11 heavy (non-hydrogen) atoms. The number of halogens is 1. The van der Waals surface area contributed by atoms with E-state index >= 15 is 0 Å². The minimum absolute atomic E-state index is 0.311. The summed E-state index contributed by atoms with van der Waals surface area (Å²) >= 11 is 5.50. The molecule has 0 unspecified atom stereocenters. The van der Waals surface area contributed by atoms with E-state index in [-0.39, 0.29) is 5.69 Å². The molecule has 4 heteroatoms. The van der Waals surface area contributed by atoms with Crippen LogP contribution in [0, 0.1) is 0 Å². The normalized spacial score (nSPS) is 9.55. The Kier molecular flexibility index (Phi) is 2.44. The Hall–Kier alpha value is -1.09. The van der Waals surface area contributed by atoms with Crippen LogP contribution in [0.25, 0.3) is 0 Å². The molecule has 3 nitrogen and oxygen atoms in total. The van der Waals surface area contributed by atoms with Crippen LogP contribution in [0.4, 0.5) is 0 Å². The molecule has 0 aliphatic rings. The molecular formula is C7H7ClN2O. The SMILES string of the molecule is C=C(Cl)Cn1cccnc1=O. The molecule has 1 heterocycles. The van der Waals surface area contributed by atoms with Crippen molar-refractivity contribution in [2.24, 2.45) is 0 Å². The molecule has 58 valence electrons. The summed E-state index contributed by atoms with van der Waals surface area (Å²) in [4.78, 5) is 14.4. The van der Waals surface area contributed by atoms with Crippen LogP contribution in [0.1, 0.15) is 0 Å². The number of rotatable bonds is 2. The van der Waals surface area contributed by atoms with E-state index in [1.54, 1.807) is 12.3 Å². The first-order valence-electron chi connectivity index (χ1n) is 3.05. The van der Waals surface area contributed by atoms with Crippen molar-refractivity contribution in [1.29, 1.82) is 0 Å². The van der Waals surface area contributed by atoms with E-state index in [1.807, 2.05) is 0 Å². The maximum absolute atomic E-state index is 10.9. The van der Waals surface area contributed by atoms with Crippen LogP contribution in [-0.2, 0) is 6.54 Å². The summed E-state index contributed by atoms with van der Waals surface area (Å²) in [7, 11) is 0. The quantitative estimate of drug-likeness (QED) is 0.664. The second-order valence-electron chi connectivity index (χ2n) is 2.05. The van der Waals surface area contributed by atoms with Gasteiger partial charge in [-0.2, -0.15) is 0 Å². The Morgan fingerprint density at radius 1 is 1.82 bits per heavy atom. The van der Waals surface area contributed by atoms with Gasteiger partial charge in [-0.05, 0) is 6.07 Å². The molecule has 0 N–H and O–H groups in total. The summed E-state index contributed by atoms with van der Waals surface area (Å²) in [5.41, 5.74) is -0.311. The van der Waals surface area contributed by atoms with E-state index < -0.39 is 0 Å². The molecular weight excluding hydrogens is 164 g/mol. The second-order valence-corrected chi connectivity index (χ2v) is 2.58. The maximum atomic E-state index is 10.9. The van der Waals surface area contributed by atoms with Gasteiger partial charge in [-0.25, -0.2) is 9.78 Å². The zero-order valence-corrected chi connectivity index (χ0v) is 6.58. The number of hydrogen-bond donors (Lipinski definition) is 0. The average Bonchev–Trinajstić information content (AvgIpc) is 1.93. The van der Waals surface area contributed by atoms with Crippen molar-refractivity contribution < 1.29 is 0 Å². The lowest BCUT2D eigenvalue weighted by Crippen LogP contribution is -2.21. The standard InChI is InChI=1S/C7H7ClN2O/c1-6(8)5-10-4-2-3-9-7(10)11/h2-4H,1,5H2. The van der Waals surface area contributed by atoms with Crippen LogP contribution in [0.15, 0.2) is 34.9 Å². The largest absolute Gasteiger partial charge is 0.347 e. The van der Waals surface area contributed by atoms with Gasteiger partial charge < -0.3 is 0 Å². The zero-order chi connectivity index (χ0) is 8.27. The van der Waals surface area contributed by atoms with Crippen molar-refractivity contribution in [3.8, 4) is 0 Å². The Morgan fingerprint density at radius 2 is 2.55 bits per heavy atom. The van der Waals surface area contributed by atoms with Gasteiger partial charge in [0, 0.05) is 17.4 Å². The molecule has 0 aliphatic carbocycles. The third-order valence-electron chi connectivity index (χ3n) is 1.12. The predicted molar refractivity (Wildman–Crippen MR) is 43.5 cm³/mol. The van der Waals surface area contributed by atoms with Crippen LogP contribution >= 0.6 is 11.6 Å². The van der Waals surface area contributed by atoms with Gasteiger partial charge >= 0.3 is 5.69 Å². The fourth-order valence-electron chi connectivity index (χ4n) is 0.692. The van der Waals surface area contributed by atoms with E-state index in [1.165, 1.54) is 10.8 Å². The van der Waals surface area contributed by atoms with Crippen LogP contribution in [-0.4, -0.2) is 9.55 Å². The fraction of sp³-hybridized carbons (Fsp3) is 0.143. The summed E-state index contributed by atoms with van der Waals surface area (Å²) < 4.78 is 1.38. The van der Waals surface area contributed by atoms with Crippen molar-refractivity contribution in [3.63, 3.8) is 0 Å². The Balaban J connectivity index is 2.95. The summed E-state index contributed by atoms with van der Waals surface area (Å²) in [6, 6.07) is 1.67. The van der Waals surface area contributed by atoms with E-state index in [2.05, 4.69) is 11.6 Å². The van der Waals surface area contributed by atoms with Crippen LogP contribution < -0.4 is 5.69 Å². The van der Waals surface area contributed by atoms with Gasteiger partial charge in [0.2, 0.25) is 0 Å². The van der Waals surface area contributed by atoms with E-state index in [4.69, 9.17) is 11.6 Å². The first-order valence-corrected chi connectivity index (χ1v) is 3.42. The van der Waals surface area contributed by atoms with Crippen molar-refractivity contribution in [2.45, 2.75) is 6.54 Å². The van der Waals surface area contributed by atoms with E-state index in [0.29, 0.717) is 11.6 Å².